The monoisotopic (exact) mass is 444 g/mol. The minimum atomic E-state index is -4.49. The predicted octanol–water partition coefficient (Wildman–Crippen LogP) is 3.63. The van der Waals surface area contributed by atoms with Gasteiger partial charge < -0.3 is 9.88 Å². The van der Waals surface area contributed by atoms with E-state index in [4.69, 9.17) is 0 Å². The number of alkyl halides is 3. The molecule has 3 heterocycles. The molecule has 8 nitrogen and oxygen atoms in total. The van der Waals surface area contributed by atoms with Crippen LogP contribution in [0, 0.1) is 5.92 Å². The van der Waals surface area contributed by atoms with Crippen molar-refractivity contribution in [3.05, 3.63) is 54.1 Å². The number of hydrogen-bond donors (Lipinski definition) is 1. The molecule has 1 saturated carbocycles. The Hall–Kier alpha value is -3.63. The third kappa shape index (κ3) is 4.82. The second kappa shape index (κ2) is 8.48. The number of nitrogens with zero attached hydrogens (tertiary/aromatic N) is 5. The third-order valence-corrected chi connectivity index (χ3v) is 5.15. The molecule has 3 aromatic heterocycles. The number of amides is 1. The van der Waals surface area contributed by atoms with E-state index in [9.17, 15) is 22.8 Å². The summed E-state index contributed by atoms with van der Waals surface area (Å²) in [6.45, 7) is 0.991. The molecule has 0 unspecified atom stereocenters. The maximum Gasteiger partial charge on any atom is 0.408 e. The normalized spacial score (nSPS) is 14.8. The molecular weight excluding hydrogens is 425 g/mol. The van der Waals surface area contributed by atoms with E-state index in [0.717, 1.165) is 30.7 Å². The lowest BCUT2D eigenvalue weighted by Gasteiger charge is -2.18. The van der Waals surface area contributed by atoms with Crippen molar-refractivity contribution in [2.75, 3.05) is 5.32 Å². The van der Waals surface area contributed by atoms with Gasteiger partial charge in [-0.2, -0.15) is 13.2 Å². The zero-order valence-corrected chi connectivity index (χ0v) is 17.0. The molecule has 1 fully saturated rings. The Morgan fingerprint density at radius 2 is 2.03 bits per heavy atom. The van der Waals surface area contributed by atoms with E-state index in [1.807, 2.05) is 0 Å². The third-order valence-electron chi connectivity index (χ3n) is 5.15. The van der Waals surface area contributed by atoms with E-state index < -0.39 is 18.1 Å². The van der Waals surface area contributed by atoms with Crippen LogP contribution >= 0.6 is 0 Å². The summed E-state index contributed by atoms with van der Waals surface area (Å²) in [5.74, 6) is -0.253. The fraction of sp³-hybridized carbons (Fsp3) is 0.333. The second-order valence-corrected chi connectivity index (χ2v) is 7.61. The van der Waals surface area contributed by atoms with E-state index in [1.165, 1.54) is 24.4 Å². The fourth-order valence-corrected chi connectivity index (χ4v) is 3.14. The maximum absolute atomic E-state index is 13.1. The zero-order chi connectivity index (χ0) is 22.9. The molecule has 1 N–H and O–H groups in total. The van der Waals surface area contributed by atoms with Crippen LogP contribution in [-0.2, 0) is 11.2 Å². The molecule has 11 heteroatoms. The van der Waals surface area contributed by atoms with E-state index in [1.54, 1.807) is 12.1 Å². The van der Waals surface area contributed by atoms with Gasteiger partial charge in [0.15, 0.2) is 5.82 Å². The Morgan fingerprint density at radius 3 is 2.75 bits per heavy atom. The first-order valence-corrected chi connectivity index (χ1v) is 9.95. The Bertz CT molecular complexity index is 1160. The van der Waals surface area contributed by atoms with Crippen LogP contribution < -0.4 is 5.32 Å². The van der Waals surface area contributed by atoms with Crippen molar-refractivity contribution in [1.29, 1.82) is 0 Å². The number of Topliss-reactive ketones (excluding diaryl/α,β-unsaturated/α-hetero) is 1. The van der Waals surface area contributed by atoms with Crippen LogP contribution in [0.4, 0.5) is 19.0 Å². The molecule has 1 amide bonds. The van der Waals surface area contributed by atoms with Crippen LogP contribution in [-0.4, -0.2) is 42.6 Å². The van der Waals surface area contributed by atoms with Gasteiger partial charge in [0.2, 0.25) is 0 Å². The van der Waals surface area contributed by atoms with Gasteiger partial charge in [0.25, 0.3) is 5.91 Å². The Morgan fingerprint density at radius 1 is 1.25 bits per heavy atom. The highest BCUT2D eigenvalue weighted by Crippen LogP contribution is 2.33. The van der Waals surface area contributed by atoms with Gasteiger partial charge in [0.1, 0.15) is 35.4 Å². The summed E-state index contributed by atoms with van der Waals surface area (Å²) in [6.07, 6.45) is 0.0202. The number of pyridine rings is 2. The van der Waals surface area contributed by atoms with Crippen LogP contribution in [0.2, 0.25) is 0 Å². The highest BCUT2D eigenvalue weighted by Gasteiger charge is 2.38. The molecule has 1 aliphatic rings. The minimum Gasteiger partial charge on any atom is -0.305 e. The Kier molecular flexibility index (Phi) is 5.72. The van der Waals surface area contributed by atoms with Crippen LogP contribution in [0.1, 0.15) is 41.9 Å². The molecule has 3 aromatic rings. The van der Waals surface area contributed by atoms with E-state index in [-0.39, 0.29) is 41.2 Å². The van der Waals surface area contributed by atoms with Crippen molar-refractivity contribution in [2.45, 2.75) is 38.4 Å². The number of halogens is 3. The minimum absolute atomic E-state index is 0.0790. The number of rotatable bonds is 7. The topological polar surface area (TPSA) is 103 Å². The average molecular weight is 444 g/mol. The molecule has 0 radical (unpaired) electrons. The van der Waals surface area contributed by atoms with Crippen molar-refractivity contribution >= 4 is 17.5 Å². The van der Waals surface area contributed by atoms with Gasteiger partial charge in [0.05, 0.1) is 0 Å². The smallest absolute Gasteiger partial charge is 0.305 e. The SMILES string of the molecule is C[C@H](n1cnnc1-c1cccc(NC(=O)c2cc(CC(=O)C3CC3)ccn2)n1)C(F)(F)F. The van der Waals surface area contributed by atoms with Crippen molar-refractivity contribution < 1.29 is 22.8 Å². The highest BCUT2D eigenvalue weighted by atomic mass is 19.4. The highest BCUT2D eigenvalue weighted by molar-refractivity contribution is 6.02. The summed E-state index contributed by atoms with van der Waals surface area (Å²) >= 11 is 0. The zero-order valence-electron chi connectivity index (χ0n) is 17.0. The first-order chi connectivity index (χ1) is 15.2. The Labute approximate surface area is 180 Å². The quantitative estimate of drug-likeness (QED) is 0.597. The van der Waals surface area contributed by atoms with Crippen LogP contribution in [0.5, 0.6) is 0 Å². The van der Waals surface area contributed by atoms with Gasteiger partial charge in [-0.15, -0.1) is 10.2 Å². The van der Waals surface area contributed by atoms with Gasteiger partial charge in [-0.05, 0) is 49.6 Å². The second-order valence-electron chi connectivity index (χ2n) is 7.61. The van der Waals surface area contributed by atoms with Gasteiger partial charge in [-0.3, -0.25) is 14.6 Å². The molecule has 1 atom stereocenters. The largest absolute Gasteiger partial charge is 0.408 e. The average Bonchev–Trinajstić information content (AvgIpc) is 3.50. The van der Waals surface area contributed by atoms with Crippen LogP contribution in [0.25, 0.3) is 11.5 Å². The summed E-state index contributed by atoms with van der Waals surface area (Å²) in [4.78, 5) is 32.9. The van der Waals surface area contributed by atoms with E-state index in [0.29, 0.717) is 5.56 Å². The van der Waals surface area contributed by atoms with Crippen LogP contribution in [0.3, 0.4) is 0 Å². The molecule has 4 rings (SSSR count). The molecule has 0 bridgehead atoms. The number of nitrogens with one attached hydrogen (secondary N) is 1. The molecule has 32 heavy (non-hydrogen) atoms. The summed E-state index contributed by atoms with van der Waals surface area (Å²) in [7, 11) is 0. The molecule has 0 aliphatic heterocycles. The van der Waals surface area contributed by atoms with E-state index >= 15 is 0 Å². The van der Waals surface area contributed by atoms with E-state index in [2.05, 4.69) is 25.5 Å². The molecule has 0 aromatic carbocycles. The summed E-state index contributed by atoms with van der Waals surface area (Å²) in [6, 6.07) is 5.88. The number of hydrogen-bond acceptors (Lipinski definition) is 6. The summed E-state index contributed by atoms with van der Waals surface area (Å²) < 4.78 is 40.2. The summed E-state index contributed by atoms with van der Waals surface area (Å²) in [5.41, 5.74) is 0.915. The molecule has 1 aliphatic carbocycles. The molecule has 166 valence electrons. The lowest BCUT2D eigenvalue weighted by Crippen LogP contribution is -2.24. The lowest BCUT2D eigenvalue weighted by atomic mass is 10.1. The first kappa shape index (κ1) is 21.6. The van der Waals surface area contributed by atoms with Gasteiger partial charge in [-0.25, -0.2) is 4.98 Å². The van der Waals surface area contributed by atoms with Crippen LogP contribution in [0.15, 0.2) is 42.9 Å². The van der Waals surface area contributed by atoms with Crippen molar-refractivity contribution in [3.63, 3.8) is 0 Å². The lowest BCUT2D eigenvalue weighted by molar-refractivity contribution is -0.162. The van der Waals surface area contributed by atoms with Crippen molar-refractivity contribution in [1.82, 2.24) is 24.7 Å². The number of ketones is 1. The Balaban J connectivity index is 1.51. The number of anilines is 1. The number of carbonyl (C=O) groups excluding carboxylic acids is 2. The van der Waals surface area contributed by atoms with Gasteiger partial charge >= 0.3 is 6.18 Å². The fourth-order valence-electron chi connectivity index (χ4n) is 3.14. The molecule has 0 spiro atoms. The first-order valence-electron chi connectivity index (χ1n) is 9.95. The number of aromatic nitrogens is 5. The maximum atomic E-state index is 13.1. The molecule has 0 saturated heterocycles. The number of carbonyl (C=O) groups is 2. The van der Waals surface area contributed by atoms with Crippen molar-refractivity contribution in [3.8, 4) is 11.5 Å². The van der Waals surface area contributed by atoms with Crippen molar-refractivity contribution in [2.24, 2.45) is 5.92 Å². The summed E-state index contributed by atoms with van der Waals surface area (Å²) in [5, 5.41) is 9.90. The molecular formula is C21H19F3N6O2. The van der Waals surface area contributed by atoms with Gasteiger partial charge in [0, 0.05) is 18.5 Å². The predicted molar refractivity (Wildman–Crippen MR) is 108 cm³/mol. The standard InChI is InChI=1S/C21H19F3N6O2/c1-12(21(22,23)24)30-11-26-29-19(30)15-3-2-4-18(27-15)28-20(32)16-9-13(7-8-25-16)10-17(31)14-5-6-14/h2-4,7-9,11-12,14H,5-6,10H2,1H3,(H,27,28,32)/t12-/m0/s1. The van der Waals surface area contributed by atoms with Gasteiger partial charge in [-0.1, -0.05) is 6.07 Å².